The molecular formula is C11H19O13P. The van der Waals surface area contributed by atoms with E-state index in [1.54, 1.807) is 0 Å². The second-order valence-corrected chi connectivity index (χ2v) is 6.83. The average molecular weight is 390 g/mol. The maximum Gasteiger partial charge on any atom is 0.472 e. The highest BCUT2D eigenvalue weighted by Gasteiger charge is 2.51. The summed E-state index contributed by atoms with van der Waals surface area (Å²) in [6.07, 6.45) is -13.1. The van der Waals surface area contributed by atoms with Gasteiger partial charge in [-0.2, -0.15) is 0 Å². The fourth-order valence-electron chi connectivity index (χ4n) is 2.12. The van der Waals surface area contributed by atoms with E-state index in [0.29, 0.717) is 0 Å². The predicted molar refractivity (Wildman–Crippen MR) is 74.1 cm³/mol. The summed E-state index contributed by atoms with van der Waals surface area (Å²) in [5.74, 6) is -4.79. The molecule has 146 valence electrons. The minimum Gasteiger partial charge on any atom is -0.481 e. The number of phosphoric ester groups is 1. The van der Waals surface area contributed by atoms with Crippen LogP contribution in [-0.2, 0) is 23.2 Å². The first kappa shape index (κ1) is 21.9. The highest BCUT2D eigenvalue weighted by Crippen LogP contribution is 2.47. The van der Waals surface area contributed by atoms with Crippen molar-refractivity contribution < 1.29 is 63.8 Å². The van der Waals surface area contributed by atoms with Gasteiger partial charge in [-0.15, -0.1) is 0 Å². The molecule has 1 aliphatic carbocycles. The molecule has 8 atom stereocenters. The molecule has 0 amide bonds. The largest absolute Gasteiger partial charge is 0.481 e. The molecule has 1 fully saturated rings. The van der Waals surface area contributed by atoms with E-state index >= 15 is 0 Å². The van der Waals surface area contributed by atoms with Gasteiger partial charge < -0.3 is 40.6 Å². The minimum atomic E-state index is -5.13. The van der Waals surface area contributed by atoms with Crippen LogP contribution in [0.5, 0.6) is 0 Å². The zero-order valence-corrected chi connectivity index (χ0v) is 13.4. The Morgan fingerprint density at radius 2 is 1.36 bits per heavy atom. The number of rotatable bonds is 8. The first-order valence-corrected chi connectivity index (χ1v) is 8.37. The normalized spacial score (nSPS) is 36.4. The van der Waals surface area contributed by atoms with Gasteiger partial charge in [-0.1, -0.05) is 0 Å². The van der Waals surface area contributed by atoms with Crippen molar-refractivity contribution >= 4 is 19.8 Å². The van der Waals surface area contributed by atoms with E-state index in [1.807, 2.05) is 0 Å². The summed E-state index contributed by atoms with van der Waals surface area (Å²) in [6.45, 7) is -1.04. The van der Waals surface area contributed by atoms with E-state index in [9.17, 15) is 44.6 Å². The summed E-state index contributed by atoms with van der Waals surface area (Å²) >= 11 is 0. The van der Waals surface area contributed by atoms with Crippen LogP contribution in [0.4, 0.5) is 0 Å². The van der Waals surface area contributed by atoms with Crippen LogP contribution in [0, 0.1) is 5.92 Å². The third kappa shape index (κ3) is 5.67. The van der Waals surface area contributed by atoms with Crippen molar-refractivity contribution in [2.24, 2.45) is 5.92 Å². The topological polar surface area (TPSA) is 232 Å². The molecule has 0 aromatic rings. The Kier molecular flexibility index (Phi) is 7.43. The van der Waals surface area contributed by atoms with Gasteiger partial charge in [0.15, 0.2) is 0 Å². The van der Waals surface area contributed by atoms with Crippen LogP contribution in [0.1, 0.15) is 6.42 Å². The fourth-order valence-corrected chi connectivity index (χ4v) is 3.10. The highest BCUT2D eigenvalue weighted by atomic mass is 31.2. The SMILES string of the molecule is O=C(O)C[C@@H](COP(=O)(O)OC1[C@H](O)[C@H](O)C(O)[C@H](O)[C@H]1O)C(=O)O. The zero-order valence-electron chi connectivity index (χ0n) is 12.5. The van der Waals surface area contributed by atoms with Gasteiger partial charge in [0.05, 0.1) is 18.9 Å². The van der Waals surface area contributed by atoms with Crippen LogP contribution in [0.2, 0.25) is 0 Å². The molecule has 0 spiro atoms. The molecule has 0 radical (unpaired) electrons. The average Bonchev–Trinajstić information content (AvgIpc) is 2.51. The summed E-state index contributed by atoms with van der Waals surface area (Å²) < 4.78 is 20.6. The lowest BCUT2D eigenvalue weighted by Gasteiger charge is -2.41. The standard InChI is InChI=1S/C11H19O13P/c12-4(13)1-3(11(19)20)2-23-25(21,22)24-10-8(17)6(15)5(14)7(16)9(10)18/h3,5-10,14-18H,1-2H2,(H,12,13)(H,19,20)(H,21,22)/t3-,5?,6-,7+,8+,9+,10?/m0/s1. The number of hydrogen-bond acceptors (Lipinski definition) is 10. The molecule has 3 unspecified atom stereocenters. The van der Waals surface area contributed by atoms with Gasteiger partial charge in [0, 0.05) is 0 Å². The second kappa shape index (κ2) is 8.49. The third-order valence-corrected chi connectivity index (χ3v) is 4.52. The van der Waals surface area contributed by atoms with Crippen molar-refractivity contribution in [2.45, 2.75) is 43.0 Å². The monoisotopic (exact) mass is 390 g/mol. The summed E-state index contributed by atoms with van der Waals surface area (Å²) in [7, 11) is -5.13. The molecule has 1 rings (SSSR count). The van der Waals surface area contributed by atoms with E-state index in [1.165, 1.54) is 0 Å². The van der Waals surface area contributed by atoms with Gasteiger partial charge in [0.25, 0.3) is 0 Å². The smallest absolute Gasteiger partial charge is 0.472 e. The molecule has 0 saturated heterocycles. The van der Waals surface area contributed by atoms with Gasteiger partial charge in [0.1, 0.15) is 36.6 Å². The molecule has 0 aliphatic heterocycles. The number of carboxylic acids is 2. The summed E-state index contributed by atoms with van der Waals surface area (Å²) in [4.78, 5) is 30.9. The molecule has 8 N–H and O–H groups in total. The molecular weight excluding hydrogens is 371 g/mol. The van der Waals surface area contributed by atoms with Crippen molar-refractivity contribution in [3.05, 3.63) is 0 Å². The van der Waals surface area contributed by atoms with Crippen LogP contribution in [0.15, 0.2) is 0 Å². The van der Waals surface area contributed by atoms with Crippen molar-refractivity contribution in [1.82, 2.24) is 0 Å². The van der Waals surface area contributed by atoms with Gasteiger partial charge >= 0.3 is 19.8 Å². The van der Waals surface area contributed by atoms with Crippen LogP contribution in [-0.4, -0.2) is 95.8 Å². The number of phosphoric acid groups is 1. The van der Waals surface area contributed by atoms with E-state index in [2.05, 4.69) is 9.05 Å². The number of aliphatic hydroxyl groups excluding tert-OH is 5. The molecule has 0 bridgehead atoms. The Labute approximate surface area is 140 Å². The van der Waals surface area contributed by atoms with Gasteiger partial charge in [0.2, 0.25) is 0 Å². The number of aliphatic hydroxyl groups is 5. The Morgan fingerprint density at radius 1 is 0.920 bits per heavy atom. The summed E-state index contributed by atoms with van der Waals surface area (Å²) in [6, 6.07) is 0. The Bertz CT molecular complexity index is 522. The minimum absolute atomic E-state index is 0.909. The van der Waals surface area contributed by atoms with Gasteiger partial charge in [-0.05, 0) is 0 Å². The summed E-state index contributed by atoms with van der Waals surface area (Å²) in [5, 5.41) is 65.0. The third-order valence-electron chi connectivity index (χ3n) is 3.54. The maximum atomic E-state index is 11.8. The van der Waals surface area contributed by atoms with Crippen molar-refractivity contribution in [1.29, 1.82) is 0 Å². The van der Waals surface area contributed by atoms with Crippen LogP contribution in [0.3, 0.4) is 0 Å². The number of hydrogen-bond donors (Lipinski definition) is 8. The Balaban J connectivity index is 2.77. The van der Waals surface area contributed by atoms with E-state index in [-0.39, 0.29) is 0 Å². The van der Waals surface area contributed by atoms with Gasteiger partial charge in [-0.3, -0.25) is 18.6 Å². The zero-order chi connectivity index (χ0) is 19.5. The molecule has 1 aliphatic rings. The van der Waals surface area contributed by atoms with Gasteiger partial charge in [-0.25, -0.2) is 4.57 Å². The number of aliphatic carboxylic acids is 2. The molecule has 1 saturated carbocycles. The number of carbonyl (C=O) groups is 2. The Morgan fingerprint density at radius 3 is 1.76 bits per heavy atom. The van der Waals surface area contributed by atoms with Crippen molar-refractivity contribution in [3.8, 4) is 0 Å². The lowest BCUT2D eigenvalue weighted by atomic mass is 9.85. The first-order chi connectivity index (χ1) is 11.4. The van der Waals surface area contributed by atoms with Crippen LogP contribution in [0.25, 0.3) is 0 Å². The molecule has 0 aromatic carbocycles. The van der Waals surface area contributed by atoms with Crippen molar-refractivity contribution in [3.63, 3.8) is 0 Å². The second-order valence-electron chi connectivity index (χ2n) is 5.42. The van der Waals surface area contributed by atoms with E-state index in [0.717, 1.165) is 0 Å². The maximum absolute atomic E-state index is 11.8. The highest BCUT2D eigenvalue weighted by molar-refractivity contribution is 7.47. The first-order valence-electron chi connectivity index (χ1n) is 6.88. The van der Waals surface area contributed by atoms with Crippen molar-refractivity contribution in [2.75, 3.05) is 6.61 Å². The lowest BCUT2D eigenvalue weighted by molar-refractivity contribution is -0.220. The Hall–Kier alpha value is -1.15. The lowest BCUT2D eigenvalue weighted by Crippen LogP contribution is -2.64. The van der Waals surface area contributed by atoms with Crippen LogP contribution >= 0.6 is 7.82 Å². The molecule has 14 heteroatoms. The molecule has 0 aromatic heterocycles. The quantitative estimate of drug-likeness (QED) is 0.188. The fraction of sp³-hybridized carbons (Fsp3) is 0.818. The van der Waals surface area contributed by atoms with E-state index < -0.39 is 75.3 Å². The number of carboxylic acid groups (broad SMARTS) is 2. The molecule has 0 heterocycles. The molecule has 25 heavy (non-hydrogen) atoms. The summed E-state index contributed by atoms with van der Waals surface area (Å²) in [5.41, 5.74) is 0. The predicted octanol–water partition coefficient (Wildman–Crippen LogP) is -3.52. The van der Waals surface area contributed by atoms with E-state index in [4.69, 9.17) is 10.2 Å². The van der Waals surface area contributed by atoms with Crippen LogP contribution < -0.4 is 0 Å². The molecule has 13 nitrogen and oxygen atoms in total.